The zero-order valence-electron chi connectivity index (χ0n) is 17.2. The van der Waals surface area contributed by atoms with Gasteiger partial charge >= 0.3 is 6.03 Å². The summed E-state index contributed by atoms with van der Waals surface area (Å²) in [5.74, 6) is -0.00575. The summed E-state index contributed by atoms with van der Waals surface area (Å²) < 4.78 is 0. The lowest BCUT2D eigenvalue weighted by Crippen LogP contribution is -2.48. The van der Waals surface area contributed by atoms with Crippen LogP contribution in [0, 0.1) is 5.92 Å². The molecule has 3 amide bonds. The van der Waals surface area contributed by atoms with Crippen molar-refractivity contribution in [2.45, 2.75) is 25.7 Å². The molecule has 30 heavy (non-hydrogen) atoms. The van der Waals surface area contributed by atoms with Gasteiger partial charge in [0.1, 0.15) is 0 Å². The molecule has 2 aromatic rings. The van der Waals surface area contributed by atoms with Crippen LogP contribution in [0.2, 0.25) is 0 Å². The number of urea groups is 1. The van der Waals surface area contributed by atoms with Gasteiger partial charge in [-0.05, 0) is 25.7 Å². The molecule has 4 rings (SSSR count). The van der Waals surface area contributed by atoms with Crippen molar-refractivity contribution >= 4 is 28.4 Å². The van der Waals surface area contributed by atoms with Crippen LogP contribution in [0.25, 0.3) is 11.3 Å². The highest BCUT2D eigenvalue weighted by Gasteiger charge is 2.33. The molecule has 0 radical (unpaired) electrons. The molecule has 2 fully saturated rings. The van der Waals surface area contributed by atoms with E-state index < -0.39 is 0 Å². The maximum absolute atomic E-state index is 13.3. The monoisotopic (exact) mass is 424 g/mol. The fourth-order valence-corrected chi connectivity index (χ4v) is 5.02. The van der Waals surface area contributed by atoms with Crippen LogP contribution >= 0.6 is 11.3 Å². The molecule has 7 heteroatoms. The van der Waals surface area contributed by atoms with E-state index in [0.29, 0.717) is 37.6 Å². The van der Waals surface area contributed by atoms with Crippen molar-refractivity contribution in [3.05, 3.63) is 48.4 Å². The van der Waals surface area contributed by atoms with Crippen molar-refractivity contribution in [2.24, 2.45) is 5.92 Å². The number of amides is 3. The Bertz CT molecular complexity index is 884. The maximum atomic E-state index is 13.3. The molecule has 0 unspecified atom stereocenters. The lowest BCUT2D eigenvalue weighted by atomic mass is 9.95. The summed E-state index contributed by atoms with van der Waals surface area (Å²) in [6, 6.07) is 10.1. The summed E-state index contributed by atoms with van der Waals surface area (Å²) >= 11 is 1.48. The third kappa shape index (κ3) is 4.41. The third-order valence-corrected chi connectivity index (χ3v) is 6.73. The number of thiazole rings is 1. The van der Waals surface area contributed by atoms with Crippen molar-refractivity contribution in [1.29, 1.82) is 0 Å². The molecule has 0 atom stereocenters. The number of rotatable bonds is 5. The van der Waals surface area contributed by atoms with E-state index >= 15 is 0 Å². The van der Waals surface area contributed by atoms with Crippen LogP contribution in [0.5, 0.6) is 0 Å². The van der Waals surface area contributed by atoms with Gasteiger partial charge in [-0.25, -0.2) is 9.78 Å². The van der Waals surface area contributed by atoms with Crippen molar-refractivity contribution in [1.82, 2.24) is 14.8 Å². The molecule has 158 valence electrons. The summed E-state index contributed by atoms with van der Waals surface area (Å²) in [6.07, 6.45) is 5.32. The summed E-state index contributed by atoms with van der Waals surface area (Å²) in [5, 5.41) is 2.69. The van der Waals surface area contributed by atoms with Crippen LogP contribution < -0.4 is 4.90 Å². The van der Waals surface area contributed by atoms with Crippen LogP contribution in [0.4, 0.5) is 9.93 Å². The van der Waals surface area contributed by atoms with E-state index in [2.05, 4.69) is 6.58 Å². The van der Waals surface area contributed by atoms with Crippen LogP contribution in [0.15, 0.2) is 48.4 Å². The smallest absolute Gasteiger partial charge is 0.319 e. The lowest BCUT2D eigenvalue weighted by molar-refractivity contribution is -0.123. The maximum Gasteiger partial charge on any atom is 0.319 e. The minimum Gasteiger partial charge on any atom is -0.325 e. The number of aromatic nitrogens is 1. The van der Waals surface area contributed by atoms with Crippen LogP contribution in [-0.2, 0) is 4.79 Å². The van der Waals surface area contributed by atoms with E-state index in [0.717, 1.165) is 37.2 Å². The van der Waals surface area contributed by atoms with Crippen LogP contribution in [0.1, 0.15) is 25.7 Å². The Morgan fingerprint density at radius 3 is 2.43 bits per heavy atom. The first-order valence-corrected chi connectivity index (χ1v) is 11.5. The molecular weight excluding hydrogens is 396 g/mol. The van der Waals surface area contributed by atoms with Gasteiger partial charge in [0.25, 0.3) is 0 Å². The molecule has 0 N–H and O–H groups in total. The number of anilines is 1. The predicted molar refractivity (Wildman–Crippen MR) is 121 cm³/mol. The van der Waals surface area contributed by atoms with Crippen molar-refractivity contribution < 1.29 is 9.59 Å². The fraction of sp³-hybridized carbons (Fsp3) is 0.435. The average Bonchev–Trinajstić information content (AvgIpc) is 3.50. The van der Waals surface area contributed by atoms with Gasteiger partial charge in [0.05, 0.1) is 5.69 Å². The predicted octanol–water partition coefficient (Wildman–Crippen LogP) is 4.26. The Hall–Kier alpha value is -2.67. The number of nitrogens with zero attached hydrogens (tertiary/aromatic N) is 4. The number of likely N-dealkylation sites (tertiary alicyclic amines) is 2. The van der Waals surface area contributed by atoms with Gasteiger partial charge in [0.15, 0.2) is 5.13 Å². The molecule has 3 heterocycles. The summed E-state index contributed by atoms with van der Waals surface area (Å²) in [7, 11) is 0. The molecule has 0 bridgehead atoms. The number of carbonyl (C=O) groups is 2. The number of hydrogen-bond acceptors (Lipinski definition) is 4. The number of benzene rings is 1. The minimum absolute atomic E-state index is 0.0807. The second-order valence-electron chi connectivity index (χ2n) is 7.86. The van der Waals surface area contributed by atoms with Crippen LogP contribution in [-0.4, -0.2) is 59.4 Å². The molecule has 0 aliphatic carbocycles. The van der Waals surface area contributed by atoms with Gasteiger partial charge in [-0.3, -0.25) is 9.69 Å². The zero-order chi connectivity index (χ0) is 20.9. The Balaban J connectivity index is 1.41. The Morgan fingerprint density at radius 1 is 1.10 bits per heavy atom. The normalized spacial score (nSPS) is 17.2. The molecule has 6 nitrogen and oxygen atoms in total. The first-order valence-electron chi connectivity index (χ1n) is 10.6. The standard InChI is InChI=1S/C23H28N4O2S/c1-2-12-27(22-24-20(17-30-22)18-8-4-3-5-9-18)21(28)19-10-15-26(16-11-19)23(29)25-13-6-7-14-25/h2-5,8-9,17,19H,1,6-7,10-16H2. The fourth-order valence-electron chi connectivity index (χ4n) is 4.17. The summed E-state index contributed by atoms with van der Waals surface area (Å²) in [5.41, 5.74) is 1.92. The second kappa shape index (κ2) is 9.43. The van der Waals surface area contributed by atoms with E-state index in [-0.39, 0.29) is 17.9 Å². The van der Waals surface area contributed by atoms with E-state index in [9.17, 15) is 9.59 Å². The molecule has 1 aromatic carbocycles. The Labute approximate surface area is 181 Å². The number of hydrogen-bond donors (Lipinski definition) is 0. The molecule has 2 saturated heterocycles. The van der Waals surface area contributed by atoms with Gasteiger partial charge in [-0.1, -0.05) is 36.4 Å². The van der Waals surface area contributed by atoms with E-state index in [4.69, 9.17) is 4.98 Å². The second-order valence-corrected chi connectivity index (χ2v) is 8.69. The molecular formula is C23H28N4O2S. The lowest BCUT2D eigenvalue weighted by Gasteiger charge is -2.35. The van der Waals surface area contributed by atoms with E-state index in [1.807, 2.05) is 45.5 Å². The molecule has 0 saturated carbocycles. The highest BCUT2D eigenvalue weighted by Crippen LogP contribution is 2.30. The average molecular weight is 425 g/mol. The first-order chi connectivity index (χ1) is 14.7. The zero-order valence-corrected chi connectivity index (χ0v) is 18.0. The topological polar surface area (TPSA) is 56.8 Å². The van der Waals surface area contributed by atoms with Crippen molar-refractivity contribution in [2.75, 3.05) is 37.6 Å². The molecule has 2 aliphatic rings. The van der Waals surface area contributed by atoms with Crippen LogP contribution in [0.3, 0.4) is 0 Å². The third-order valence-electron chi connectivity index (χ3n) is 5.86. The number of carbonyl (C=O) groups excluding carboxylic acids is 2. The van der Waals surface area contributed by atoms with E-state index in [1.54, 1.807) is 11.0 Å². The SMILES string of the molecule is C=CCN(C(=O)C1CCN(C(=O)N2CCCC2)CC1)c1nc(-c2ccccc2)cs1. The van der Waals surface area contributed by atoms with Crippen molar-refractivity contribution in [3.8, 4) is 11.3 Å². The first kappa shape index (κ1) is 20.6. The summed E-state index contributed by atoms with van der Waals surface area (Å²) in [4.78, 5) is 36.2. The highest BCUT2D eigenvalue weighted by atomic mass is 32.1. The Morgan fingerprint density at radius 2 is 1.77 bits per heavy atom. The van der Waals surface area contributed by atoms with Gasteiger partial charge in [0.2, 0.25) is 5.91 Å². The minimum atomic E-state index is -0.0864. The molecule has 0 spiro atoms. The van der Waals surface area contributed by atoms with Gasteiger partial charge < -0.3 is 9.80 Å². The van der Waals surface area contributed by atoms with Gasteiger partial charge in [0, 0.05) is 49.6 Å². The molecule has 2 aliphatic heterocycles. The van der Waals surface area contributed by atoms with E-state index in [1.165, 1.54) is 11.3 Å². The quantitative estimate of drug-likeness (QED) is 0.674. The molecule has 1 aromatic heterocycles. The Kier molecular flexibility index (Phi) is 6.47. The van der Waals surface area contributed by atoms with Crippen molar-refractivity contribution in [3.63, 3.8) is 0 Å². The number of piperidine rings is 1. The summed E-state index contributed by atoms with van der Waals surface area (Å²) in [6.45, 7) is 7.26. The highest BCUT2D eigenvalue weighted by molar-refractivity contribution is 7.14. The van der Waals surface area contributed by atoms with Gasteiger partial charge in [-0.2, -0.15) is 0 Å². The largest absolute Gasteiger partial charge is 0.325 e. The van der Waals surface area contributed by atoms with Gasteiger partial charge in [-0.15, -0.1) is 17.9 Å².